The first-order chi connectivity index (χ1) is 8.22. The summed E-state index contributed by atoms with van der Waals surface area (Å²) in [7, 11) is 2.12. The summed E-state index contributed by atoms with van der Waals surface area (Å²) < 4.78 is 0. The summed E-state index contributed by atoms with van der Waals surface area (Å²) >= 11 is 1.98. The van der Waals surface area contributed by atoms with E-state index >= 15 is 0 Å². The zero-order chi connectivity index (χ0) is 12.3. The van der Waals surface area contributed by atoms with Crippen molar-refractivity contribution in [2.45, 2.75) is 58.4 Å². The molecule has 1 heterocycles. The molecule has 0 amide bonds. The average molecular weight is 251 g/mol. The molecule has 1 saturated carbocycles. The quantitative estimate of drug-likeness (QED) is 0.774. The Morgan fingerprint density at radius 2 is 1.82 bits per heavy atom. The minimum Gasteiger partial charge on any atom is -0.312 e. The summed E-state index contributed by atoms with van der Waals surface area (Å²) in [4.78, 5) is 3.03. The van der Waals surface area contributed by atoms with Crippen LogP contribution in [0.15, 0.2) is 6.07 Å². The highest BCUT2D eigenvalue weighted by Gasteiger charge is 2.24. The van der Waals surface area contributed by atoms with Crippen molar-refractivity contribution in [2.75, 3.05) is 7.05 Å². The number of thiophene rings is 1. The third-order valence-corrected chi connectivity index (χ3v) is 5.41. The van der Waals surface area contributed by atoms with E-state index in [1.54, 1.807) is 4.88 Å². The van der Waals surface area contributed by atoms with Crippen LogP contribution < -0.4 is 5.32 Å². The fourth-order valence-electron chi connectivity index (χ4n) is 3.01. The number of nitrogens with one attached hydrogen (secondary N) is 1. The molecule has 0 bridgehead atoms. The zero-order valence-electron chi connectivity index (χ0n) is 11.4. The van der Waals surface area contributed by atoms with Crippen LogP contribution in [-0.4, -0.2) is 7.05 Å². The summed E-state index contributed by atoms with van der Waals surface area (Å²) in [5, 5.41) is 3.57. The first kappa shape index (κ1) is 13.1. The van der Waals surface area contributed by atoms with E-state index in [0.717, 1.165) is 5.92 Å². The lowest BCUT2D eigenvalue weighted by Gasteiger charge is -2.24. The van der Waals surface area contributed by atoms with Gasteiger partial charge in [0.05, 0.1) is 0 Å². The van der Waals surface area contributed by atoms with E-state index in [-0.39, 0.29) is 0 Å². The molecule has 0 spiro atoms. The molecule has 0 radical (unpaired) electrons. The SMILES string of the molecule is CNC(c1cc(C)c(C)s1)C1CCCCCC1. The van der Waals surface area contributed by atoms with Gasteiger partial charge in [0.25, 0.3) is 0 Å². The van der Waals surface area contributed by atoms with Gasteiger partial charge < -0.3 is 5.32 Å². The highest BCUT2D eigenvalue weighted by molar-refractivity contribution is 7.12. The second-order valence-corrected chi connectivity index (χ2v) is 6.69. The Labute approximate surface area is 110 Å². The van der Waals surface area contributed by atoms with E-state index in [2.05, 4.69) is 32.3 Å². The maximum Gasteiger partial charge on any atom is 0.0441 e. The third kappa shape index (κ3) is 3.11. The van der Waals surface area contributed by atoms with Crippen LogP contribution in [0, 0.1) is 19.8 Å². The van der Waals surface area contributed by atoms with Crippen LogP contribution in [0.2, 0.25) is 0 Å². The van der Waals surface area contributed by atoms with Crippen LogP contribution in [0.4, 0.5) is 0 Å². The minimum absolute atomic E-state index is 0.588. The lowest BCUT2D eigenvalue weighted by Crippen LogP contribution is -2.24. The van der Waals surface area contributed by atoms with Crippen LogP contribution in [0.5, 0.6) is 0 Å². The molecule has 1 fully saturated rings. The van der Waals surface area contributed by atoms with Crippen LogP contribution in [-0.2, 0) is 0 Å². The van der Waals surface area contributed by atoms with Gasteiger partial charge in [-0.05, 0) is 51.3 Å². The number of hydrogen-bond donors (Lipinski definition) is 1. The molecule has 0 aromatic carbocycles. The molecule has 2 rings (SSSR count). The topological polar surface area (TPSA) is 12.0 Å². The summed E-state index contributed by atoms with van der Waals surface area (Å²) in [6, 6.07) is 2.98. The van der Waals surface area contributed by atoms with Gasteiger partial charge in [-0.3, -0.25) is 0 Å². The maximum absolute atomic E-state index is 3.57. The Kier molecular flexibility index (Phi) is 4.63. The third-order valence-electron chi connectivity index (χ3n) is 4.17. The van der Waals surface area contributed by atoms with Gasteiger partial charge in [-0.25, -0.2) is 0 Å². The van der Waals surface area contributed by atoms with E-state index < -0.39 is 0 Å². The number of rotatable bonds is 3. The Hall–Kier alpha value is -0.340. The molecular weight excluding hydrogens is 226 g/mol. The first-order valence-corrected chi connectivity index (χ1v) is 7.78. The molecular formula is C15H25NS. The smallest absolute Gasteiger partial charge is 0.0441 e. The Bertz CT molecular complexity index is 328. The van der Waals surface area contributed by atoms with Gasteiger partial charge in [-0.15, -0.1) is 11.3 Å². The zero-order valence-corrected chi connectivity index (χ0v) is 12.2. The fourth-order valence-corrected chi connectivity index (χ4v) is 4.26. The van der Waals surface area contributed by atoms with Crippen molar-refractivity contribution < 1.29 is 0 Å². The minimum atomic E-state index is 0.588. The largest absolute Gasteiger partial charge is 0.312 e. The van der Waals surface area contributed by atoms with Crippen molar-refractivity contribution in [2.24, 2.45) is 5.92 Å². The predicted molar refractivity (Wildman–Crippen MR) is 76.8 cm³/mol. The van der Waals surface area contributed by atoms with E-state index in [9.17, 15) is 0 Å². The highest BCUT2D eigenvalue weighted by Crippen LogP contribution is 2.37. The van der Waals surface area contributed by atoms with Gasteiger partial charge in [-0.2, -0.15) is 0 Å². The molecule has 0 saturated heterocycles. The first-order valence-electron chi connectivity index (χ1n) is 6.96. The molecule has 1 atom stereocenters. The number of aryl methyl sites for hydroxylation is 2. The molecule has 1 N–H and O–H groups in total. The molecule has 17 heavy (non-hydrogen) atoms. The van der Waals surface area contributed by atoms with E-state index in [1.165, 1.54) is 49.0 Å². The second kappa shape index (κ2) is 6.01. The molecule has 96 valence electrons. The Balaban J connectivity index is 2.13. The van der Waals surface area contributed by atoms with Crippen molar-refractivity contribution in [3.05, 3.63) is 21.4 Å². The maximum atomic E-state index is 3.57. The lowest BCUT2D eigenvalue weighted by molar-refractivity contribution is 0.346. The van der Waals surface area contributed by atoms with Gasteiger partial charge >= 0.3 is 0 Å². The molecule has 1 unspecified atom stereocenters. The van der Waals surface area contributed by atoms with Gasteiger partial charge in [0, 0.05) is 15.8 Å². The molecule has 1 aliphatic carbocycles. The van der Waals surface area contributed by atoms with Crippen molar-refractivity contribution >= 4 is 11.3 Å². The molecule has 0 aliphatic heterocycles. The van der Waals surface area contributed by atoms with Crippen LogP contribution in [0.1, 0.15) is 59.9 Å². The van der Waals surface area contributed by atoms with Gasteiger partial charge in [0.1, 0.15) is 0 Å². The molecule has 1 aliphatic rings. The van der Waals surface area contributed by atoms with Crippen LogP contribution in [0.3, 0.4) is 0 Å². The standard InChI is InChI=1S/C15H25NS/c1-11-10-14(17-12(11)2)15(16-3)13-8-6-4-5-7-9-13/h10,13,15-16H,4-9H2,1-3H3. The lowest BCUT2D eigenvalue weighted by atomic mass is 9.91. The normalized spacial score (nSPS) is 20.2. The summed E-state index contributed by atoms with van der Waals surface area (Å²) in [6.45, 7) is 4.47. The van der Waals surface area contributed by atoms with Crippen LogP contribution >= 0.6 is 11.3 Å². The second-order valence-electron chi connectivity index (χ2n) is 5.41. The van der Waals surface area contributed by atoms with E-state index in [4.69, 9.17) is 0 Å². The summed E-state index contributed by atoms with van der Waals surface area (Å²) in [6.07, 6.45) is 8.53. The Morgan fingerprint density at radius 1 is 1.18 bits per heavy atom. The number of hydrogen-bond acceptors (Lipinski definition) is 2. The van der Waals surface area contributed by atoms with Crippen molar-refractivity contribution in [1.29, 1.82) is 0 Å². The van der Waals surface area contributed by atoms with Crippen LogP contribution in [0.25, 0.3) is 0 Å². The van der Waals surface area contributed by atoms with Crippen molar-refractivity contribution in [1.82, 2.24) is 5.32 Å². The predicted octanol–water partition coefficient (Wildman–Crippen LogP) is 4.60. The van der Waals surface area contributed by atoms with E-state index in [1.807, 2.05) is 11.3 Å². The monoisotopic (exact) mass is 251 g/mol. The molecule has 2 heteroatoms. The van der Waals surface area contributed by atoms with Gasteiger partial charge in [0.15, 0.2) is 0 Å². The van der Waals surface area contributed by atoms with E-state index in [0.29, 0.717) is 6.04 Å². The molecule has 1 aromatic rings. The Morgan fingerprint density at radius 3 is 2.29 bits per heavy atom. The highest BCUT2D eigenvalue weighted by atomic mass is 32.1. The summed E-state index contributed by atoms with van der Waals surface area (Å²) in [5.41, 5.74) is 1.46. The average Bonchev–Trinajstić information content (AvgIpc) is 2.56. The van der Waals surface area contributed by atoms with Gasteiger partial charge in [-0.1, -0.05) is 25.7 Å². The fraction of sp³-hybridized carbons (Fsp3) is 0.733. The van der Waals surface area contributed by atoms with Crippen molar-refractivity contribution in [3.63, 3.8) is 0 Å². The molecule has 1 aromatic heterocycles. The summed E-state index contributed by atoms with van der Waals surface area (Å²) in [5.74, 6) is 0.847. The molecule has 1 nitrogen and oxygen atoms in total. The van der Waals surface area contributed by atoms with Crippen molar-refractivity contribution in [3.8, 4) is 0 Å². The van der Waals surface area contributed by atoms with Gasteiger partial charge in [0.2, 0.25) is 0 Å².